The van der Waals surface area contributed by atoms with Crippen LogP contribution < -0.4 is 5.32 Å². The van der Waals surface area contributed by atoms with Crippen molar-refractivity contribution in [2.45, 2.75) is 52.6 Å². The normalized spacial score (nSPS) is 29.8. The van der Waals surface area contributed by atoms with E-state index in [2.05, 4.69) is 36.3 Å². The van der Waals surface area contributed by atoms with E-state index in [1.54, 1.807) is 0 Å². The molecule has 0 radical (unpaired) electrons. The van der Waals surface area contributed by atoms with E-state index in [1.165, 1.54) is 30.5 Å². The third-order valence-corrected chi connectivity index (χ3v) is 4.24. The molecule has 1 aliphatic rings. The minimum Gasteiger partial charge on any atom is -0.310 e. The Kier molecular flexibility index (Phi) is 3.64. The van der Waals surface area contributed by atoms with Gasteiger partial charge in [-0.15, -0.1) is 0 Å². The largest absolute Gasteiger partial charge is 0.310 e. The lowest BCUT2D eigenvalue weighted by molar-refractivity contribution is 0.344. The van der Waals surface area contributed by atoms with Gasteiger partial charge in [-0.05, 0) is 31.6 Å². The van der Waals surface area contributed by atoms with Crippen LogP contribution in [0, 0.1) is 18.8 Å². The number of aromatic nitrogens is 2. The molecule has 1 saturated carbocycles. The molecule has 3 unspecified atom stereocenters. The van der Waals surface area contributed by atoms with Crippen molar-refractivity contribution < 1.29 is 0 Å². The fraction of sp³-hybridized carbons (Fsp3) is 0.769. The molecular formula is C13H23N3. The van der Waals surface area contributed by atoms with Gasteiger partial charge in [-0.3, -0.25) is 5.10 Å². The van der Waals surface area contributed by atoms with Gasteiger partial charge in [-0.2, -0.15) is 5.10 Å². The second-order valence-electron chi connectivity index (χ2n) is 5.11. The van der Waals surface area contributed by atoms with Crippen molar-refractivity contribution in [3.8, 4) is 0 Å². The number of hydrogen-bond acceptors (Lipinski definition) is 2. The topological polar surface area (TPSA) is 40.7 Å². The summed E-state index contributed by atoms with van der Waals surface area (Å²) in [5.41, 5.74) is 2.48. The number of nitrogens with one attached hydrogen (secondary N) is 2. The van der Waals surface area contributed by atoms with Gasteiger partial charge >= 0.3 is 0 Å². The first-order valence-electron chi connectivity index (χ1n) is 6.44. The Morgan fingerprint density at radius 1 is 1.50 bits per heavy atom. The molecule has 0 amide bonds. The molecular weight excluding hydrogens is 198 g/mol. The van der Waals surface area contributed by atoms with Crippen LogP contribution >= 0.6 is 0 Å². The molecule has 0 aromatic carbocycles. The maximum absolute atomic E-state index is 4.05. The first-order valence-corrected chi connectivity index (χ1v) is 6.44. The van der Waals surface area contributed by atoms with Crippen molar-refractivity contribution in [2.75, 3.05) is 0 Å². The van der Waals surface area contributed by atoms with Gasteiger partial charge in [0.25, 0.3) is 0 Å². The molecule has 0 saturated heterocycles. The molecule has 0 bridgehead atoms. The van der Waals surface area contributed by atoms with Gasteiger partial charge in [0.1, 0.15) is 0 Å². The minimum atomic E-state index is 0.694. The van der Waals surface area contributed by atoms with Crippen molar-refractivity contribution in [2.24, 2.45) is 11.8 Å². The maximum atomic E-state index is 4.05. The van der Waals surface area contributed by atoms with Crippen molar-refractivity contribution in [1.29, 1.82) is 0 Å². The highest BCUT2D eigenvalue weighted by molar-refractivity contribution is 5.14. The number of nitrogens with zero attached hydrogens (tertiary/aromatic N) is 1. The molecule has 3 atom stereocenters. The highest BCUT2D eigenvalue weighted by atomic mass is 15.1. The Morgan fingerprint density at radius 2 is 2.31 bits per heavy atom. The van der Waals surface area contributed by atoms with Gasteiger partial charge in [0.05, 0.1) is 6.20 Å². The zero-order chi connectivity index (χ0) is 11.5. The first-order chi connectivity index (χ1) is 7.72. The summed E-state index contributed by atoms with van der Waals surface area (Å²) in [6.07, 6.45) is 5.97. The maximum Gasteiger partial charge on any atom is 0.0535 e. The Morgan fingerprint density at radius 3 is 2.88 bits per heavy atom. The monoisotopic (exact) mass is 221 g/mol. The highest BCUT2D eigenvalue weighted by Gasteiger charge is 2.30. The first kappa shape index (κ1) is 11.6. The smallest absolute Gasteiger partial charge is 0.0535 e. The van der Waals surface area contributed by atoms with Crippen LogP contribution in [0.25, 0.3) is 0 Å². The van der Waals surface area contributed by atoms with Crippen LogP contribution in [0.15, 0.2) is 6.20 Å². The highest BCUT2D eigenvalue weighted by Crippen LogP contribution is 2.33. The Bertz CT molecular complexity index is 332. The molecule has 0 spiro atoms. The summed E-state index contributed by atoms with van der Waals surface area (Å²) in [7, 11) is 0. The fourth-order valence-corrected chi connectivity index (χ4v) is 2.91. The molecule has 16 heavy (non-hydrogen) atoms. The number of hydrogen-bond donors (Lipinski definition) is 2. The molecule has 1 aromatic rings. The average Bonchev–Trinajstić information content (AvgIpc) is 2.83. The van der Waals surface area contributed by atoms with Crippen LogP contribution in [-0.2, 0) is 6.54 Å². The zero-order valence-electron chi connectivity index (χ0n) is 10.6. The van der Waals surface area contributed by atoms with Gasteiger partial charge in [0.2, 0.25) is 0 Å². The fourth-order valence-electron chi connectivity index (χ4n) is 2.91. The van der Waals surface area contributed by atoms with Crippen molar-refractivity contribution >= 4 is 0 Å². The summed E-state index contributed by atoms with van der Waals surface area (Å²) in [6.45, 7) is 7.73. The molecule has 1 aromatic heterocycles. The van der Waals surface area contributed by atoms with Crippen LogP contribution in [0.5, 0.6) is 0 Å². The number of aryl methyl sites for hydroxylation is 1. The lowest BCUT2D eigenvalue weighted by Crippen LogP contribution is -2.32. The van der Waals surface area contributed by atoms with Gasteiger partial charge in [-0.1, -0.05) is 20.3 Å². The van der Waals surface area contributed by atoms with Crippen LogP contribution in [0.1, 0.15) is 44.4 Å². The third kappa shape index (κ3) is 2.29. The van der Waals surface area contributed by atoms with Crippen LogP contribution in [0.3, 0.4) is 0 Å². The van der Waals surface area contributed by atoms with E-state index in [0.29, 0.717) is 6.04 Å². The van der Waals surface area contributed by atoms with E-state index in [0.717, 1.165) is 18.4 Å². The van der Waals surface area contributed by atoms with E-state index >= 15 is 0 Å². The average molecular weight is 221 g/mol. The molecule has 1 fully saturated rings. The van der Waals surface area contributed by atoms with Gasteiger partial charge in [-0.25, -0.2) is 0 Å². The predicted octanol–water partition coefficient (Wildman–Crippen LogP) is 2.63. The van der Waals surface area contributed by atoms with Crippen LogP contribution in [0.4, 0.5) is 0 Å². The lowest BCUT2D eigenvalue weighted by atomic mass is 9.93. The van der Waals surface area contributed by atoms with Gasteiger partial charge in [0.15, 0.2) is 0 Å². The van der Waals surface area contributed by atoms with Crippen molar-refractivity contribution in [3.05, 3.63) is 17.5 Å². The molecule has 90 valence electrons. The second-order valence-corrected chi connectivity index (χ2v) is 5.11. The lowest BCUT2D eigenvalue weighted by Gasteiger charge is -2.20. The van der Waals surface area contributed by atoms with E-state index in [4.69, 9.17) is 0 Å². The summed E-state index contributed by atoms with van der Waals surface area (Å²) in [6, 6.07) is 0.694. The van der Waals surface area contributed by atoms with E-state index < -0.39 is 0 Å². The Labute approximate surface area is 98.0 Å². The SMILES string of the molecule is CCC1CCC(NCc2cn[nH]c2C)C1C. The summed E-state index contributed by atoms with van der Waals surface area (Å²) < 4.78 is 0. The van der Waals surface area contributed by atoms with Crippen molar-refractivity contribution in [1.82, 2.24) is 15.5 Å². The summed E-state index contributed by atoms with van der Waals surface area (Å²) in [5.74, 6) is 1.74. The molecule has 2 rings (SSSR count). The summed E-state index contributed by atoms with van der Waals surface area (Å²) >= 11 is 0. The molecule has 3 heteroatoms. The molecule has 1 heterocycles. The summed E-state index contributed by atoms with van der Waals surface area (Å²) in [4.78, 5) is 0. The molecule has 0 aliphatic heterocycles. The second kappa shape index (κ2) is 5.00. The third-order valence-electron chi connectivity index (χ3n) is 4.24. The quantitative estimate of drug-likeness (QED) is 0.820. The van der Waals surface area contributed by atoms with Crippen LogP contribution in [0.2, 0.25) is 0 Å². The Balaban J connectivity index is 1.85. The molecule has 2 N–H and O–H groups in total. The zero-order valence-corrected chi connectivity index (χ0v) is 10.6. The molecule has 3 nitrogen and oxygen atoms in total. The number of rotatable bonds is 4. The summed E-state index contributed by atoms with van der Waals surface area (Å²) in [5, 5.41) is 10.7. The number of aromatic amines is 1. The predicted molar refractivity (Wildman–Crippen MR) is 66.1 cm³/mol. The minimum absolute atomic E-state index is 0.694. The Hall–Kier alpha value is -0.830. The van der Waals surface area contributed by atoms with Gasteiger partial charge < -0.3 is 5.32 Å². The molecule has 1 aliphatic carbocycles. The van der Waals surface area contributed by atoms with Crippen LogP contribution in [-0.4, -0.2) is 16.2 Å². The van der Waals surface area contributed by atoms with Crippen molar-refractivity contribution in [3.63, 3.8) is 0 Å². The van der Waals surface area contributed by atoms with E-state index in [-0.39, 0.29) is 0 Å². The number of H-pyrrole nitrogens is 1. The van der Waals surface area contributed by atoms with E-state index in [9.17, 15) is 0 Å². The standard InChI is InChI=1S/C13H23N3/c1-4-11-5-6-13(9(11)2)14-7-12-8-15-16-10(12)3/h8-9,11,13-14H,4-7H2,1-3H3,(H,15,16). The van der Waals surface area contributed by atoms with Gasteiger partial charge in [0, 0.05) is 23.8 Å². The van der Waals surface area contributed by atoms with E-state index in [1.807, 2.05) is 6.20 Å².